The summed E-state index contributed by atoms with van der Waals surface area (Å²) >= 11 is 0. The van der Waals surface area contributed by atoms with Crippen LogP contribution in [-0.2, 0) is 16.6 Å². The number of hydrogen-bond acceptors (Lipinski definition) is 7. The molecule has 5 rings (SSSR count). The summed E-state index contributed by atoms with van der Waals surface area (Å²) in [4.78, 5) is 15.3. The van der Waals surface area contributed by atoms with Crippen molar-refractivity contribution in [3.05, 3.63) is 54.9 Å². The van der Waals surface area contributed by atoms with E-state index >= 15 is 0 Å². The molecule has 2 aromatic carbocycles. The lowest BCUT2D eigenvalue weighted by Gasteiger charge is -2.26. The molecular formula is C23H26N6O4. The fourth-order valence-corrected chi connectivity index (χ4v) is 3.77. The average Bonchev–Trinajstić information content (AvgIpc) is 3.48. The number of aryl methyl sites for hydroxylation is 1. The normalized spacial score (nSPS) is 14.0. The molecule has 1 aliphatic rings. The maximum absolute atomic E-state index is 8.36. The number of ether oxygens (including phenoxy) is 2. The number of hydrogen-bond donors (Lipinski definition) is 1. The summed E-state index contributed by atoms with van der Waals surface area (Å²) in [6.07, 6.45) is 3.75. The van der Waals surface area contributed by atoms with E-state index in [1.807, 2.05) is 60.3 Å². The van der Waals surface area contributed by atoms with Crippen molar-refractivity contribution in [1.82, 2.24) is 29.4 Å². The van der Waals surface area contributed by atoms with Gasteiger partial charge >= 0.3 is 0 Å². The number of nitrogens with zero attached hydrogens (tertiary/aromatic N) is 6. The Morgan fingerprint density at radius 1 is 1.15 bits per heavy atom. The topological polar surface area (TPSA) is 108 Å². The number of benzene rings is 2. The minimum absolute atomic E-state index is 0.250. The Kier molecular flexibility index (Phi) is 7.28. The van der Waals surface area contributed by atoms with Crippen molar-refractivity contribution in [2.45, 2.75) is 0 Å². The molecule has 33 heavy (non-hydrogen) atoms. The SMILES string of the molecule is Cn1nnc2c(-n3ccnc3-c3ccc(OCCN4CCOCC4)cc3)cccc21.O=CO. The van der Waals surface area contributed by atoms with Gasteiger partial charge in [-0.3, -0.25) is 14.3 Å². The zero-order valence-electron chi connectivity index (χ0n) is 18.4. The van der Waals surface area contributed by atoms with Crippen molar-refractivity contribution in [2.24, 2.45) is 7.05 Å². The van der Waals surface area contributed by atoms with Gasteiger partial charge in [0.25, 0.3) is 6.47 Å². The van der Waals surface area contributed by atoms with Gasteiger partial charge in [-0.15, -0.1) is 5.10 Å². The summed E-state index contributed by atoms with van der Waals surface area (Å²) in [5, 5.41) is 15.4. The Morgan fingerprint density at radius 3 is 2.67 bits per heavy atom. The van der Waals surface area contributed by atoms with Gasteiger partial charge in [0.15, 0.2) is 0 Å². The number of imidazole rings is 1. The largest absolute Gasteiger partial charge is 0.492 e. The number of carbonyl (C=O) groups is 1. The van der Waals surface area contributed by atoms with Gasteiger partial charge in [0, 0.05) is 44.6 Å². The van der Waals surface area contributed by atoms with Gasteiger partial charge in [-0.1, -0.05) is 11.3 Å². The second kappa shape index (κ2) is 10.7. The number of fused-ring (bicyclic) bond motifs is 1. The van der Waals surface area contributed by atoms with E-state index in [4.69, 9.17) is 19.4 Å². The summed E-state index contributed by atoms with van der Waals surface area (Å²) in [6, 6.07) is 14.1. The Bertz CT molecular complexity index is 1180. The van der Waals surface area contributed by atoms with Gasteiger partial charge in [-0.25, -0.2) is 9.67 Å². The number of morpholine rings is 1. The summed E-state index contributed by atoms with van der Waals surface area (Å²) in [5.74, 6) is 1.72. The van der Waals surface area contributed by atoms with Crippen LogP contribution in [0.2, 0.25) is 0 Å². The fraction of sp³-hybridized carbons (Fsp3) is 0.304. The molecule has 0 amide bonds. The second-order valence-corrected chi connectivity index (χ2v) is 7.41. The highest BCUT2D eigenvalue weighted by atomic mass is 16.5. The third-order valence-corrected chi connectivity index (χ3v) is 5.41. The first kappa shape index (κ1) is 22.4. The lowest BCUT2D eigenvalue weighted by Crippen LogP contribution is -2.38. The monoisotopic (exact) mass is 450 g/mol. The molecule has 0 spiro atoms. The molecule has 0 aliphatic carbocycles. The molecule has 1 aliphatic heterocycles. The first-order chi connectivity index (χ1) is 16.2. The molecule has 2 aromatic heterocycles. The molecule has 0 radical (unpaired) electrons. The Labute approximate surface area is 191 Å². The molecule has 0 bridgehead atoms. The zero-order valence-corrected chi connectivity index (χ0v) is 18.4. The second-order valence-electron chi connectivity index (χ2n) is 7.41. The lowest BCUT2D eigenvalue weighted by atomic mass is 10.2. The molecule has 1 saturated heterocycles. The molecule has 172 valence electrons. The smallest absolute Gasteiger partial charge is 0.290 e. The average molecular weight is 450 g/mol. The third kappa shape index (κ3) is 5.18. The Morgan fingerprint density at radius 2 is 1.91 bits per heavy atom. The van der Waals surface area contributed by atoms with Gasteiger partial charge in [-0.05, 0) is 36.4 Å². The minimum atomic E-state index is -0.250. The van der Waals surface area contributed by atoms with E-state index < -0.39 is 0 Å². The number of aromatic nitrogens is 5. The van der Waals surface area contributed by atoms with Crippen molar-refractivity contribution in [3.63, 3.8) is 0 Å². The number of carboxylic acid groups (broad SMARTS) is 1. The molecule has 0 unspecified atom stereocenters. The van der Waals surface area contributed by atoms with Gasteiger partial charge < -0.3 is 14.6 Å². The molecule has 1 fully saturated rings. The first-order valence-corrected chi connectivity index (χ1v) is 10.6. The first-order valence-electron chi connectivity index (χ1n) is 10.6. The van der Waals surface area contributed by atoms with E-state index in [2.05, 4.69) is 20.2 Å². The standard InChI is InChI=1S/C22H24N6O2.CH2O2/c1-26-19-3-2-4-20(21(19)24-25-26)28-10-9-23-22(28)17-5-7-18(8-6-17)30-16-13-27-11-14-29-15-12-27;2-1-3/h2-10H,11-16H2,1H3;1H,(H,2,3). The summed E-state index contributed by atoms with van der Waals surface area (Å²) < 4.78 is 15.1. The zero-order chi connectivity index (χ0) is 23.0. The molecule has 3 heterocycles. The Balaban J connectivity index is 0.000000821. The quantitative estimate of drug-likeness (QED) is 0.446. The van der Waals surface area contributed by atoms with E-state index in [0.717, 1.165) is 66.7 Å². The van der Waals surface area contributed by atoms with Gasteiger partial charge in [0.05, 0.1) is 24.4 Å². The molecule has 0 atom stereocenters. The fourth-order valence-electron chi connectivity index (χ4n) is 3.77. The molecule has 1 N–H and O–H groups in total. The number of rotatable bonds is 6. The maximum Gasteiger partial charge on any atom is 0.290 e. The van der Waals surface area contributed by atoms with Crippen LogP contribution in [0.4, 0.5) is 0 Å². The highest BCUT2D eigenvalue weighted by Gasteiger charge is 2.14. The van der Waals surface area contributed by atoms with Crippen molar-refractivity contribution >= 4 is 17.5 Å². The van der Waals surface area contributed by atoms with Gasteiger partial charge in [-0.2, -0.15) is 0 Å². The molecular weight excluding hydrogens is 424 g/mol. The van der Waals surface area contributed by atoms with E-state index in [-0.39, 0.29) is 6.47 Å². The van der Waals surface area contributed by atoms with Gasteiger partial charge in [0.2, 0.25) is 0 Å². The van der Waals surface area contributed by atoms with Crippen LogP contribution in [0.15, 0.2) is 54.9 Å². The molecule has 10 nitrogen and oxygen atoms in total. The van der Waals surface area contributed by atoms with Crippen LogP contribution < -0.4 is 4.74 Å². The molecule has 4 aromatic rings. The molecule has 0 saturated carbocycles. The van der Waals surface area contributed by atoms with Crippen LogP contribution in [0, 0.1) is 0 Å². The van der Waals surface area contributed by atoms with Crippen molar-refractivity contribution < 1.29 is 19.4 Å². The van der Waals surface area contributed by atoms with Gasteiger partial charge in [0.1, 0.15) is 23.7 Å². The van der Waals surface area contributed by atoms with Crippen LogP contribution in [-0.4, -0.2) is 80.5 Å². The van der Waals surface area contributed by atoms with E-state index in [9.17, 15) is 0 Å². The lowest BCUT2D eigenvalue weighted by molar-refractivity contribution is -0.122. The van der Waals surface area contributed by atoms with Crippen LogP contribution in [0.3, 0.4) is 0 Å². The maximum atomic E-state index is 8.36. The van der Waals surface area contributed by atoms with E-state index in [1.165, 1.54) is 0 Å². The minimum Gasteiger partial charge on any atom is -0.492 e. The predicted octanol–water partition coefficient (Wildman–Crippen LogP) is 2.23. The van der Waals surface area contributed by atoms with Crippen molar-refractivity contribution in [1.29, 1.82) is 0 Å². The van der Waals surface area contributed by atoms with Crippen LogP contribution in [0.5, 0.6) is 5.75 Å². The highest BCUT2D eigenvalue weighted by molar-refractivity contribution is 5.84. The van der Waals surface area contributed by atoms with E-state index in [1.54, 1.807) is 10.9 Å². The van der Waals surface area contributed by atoms with Crippen molar-refractivity contribution in [3.8, 4) is 22.8 Å². The summed E-state index contributed by atoms with van der Waals surface area (Å²) in [5.41, 5.74) is 3.80. The van der Waals surface area contributed by atoms with E-state index in [0.29, 0.717) is 6.61 Å². The van der Waals surface area contributed by atoms with Crippen LogP contribution >= 0.6 is 0 Å². The Hall–Kier alpha value is -3.76. The summed E-state index contributed by atoms with van der Waals surface area (Å²) in [7, 11) is 1.89. The summed E-state index contributed by atoms with van der Waals surface area (Å²) in [6.45, 7) is 4.90. The predicted molar refractivity (Wildman–Crippen MR) is 123 cm³/mol. The third-order valence-electron chi connectivity index (χ3n) is 5.41. The van der Waals surface area contributed by atoms with Crippen molar-refractivity contribution in [2.75, 3.05) is 39.5 Å². The molecule has 10 heteroatoms. The highest BCUT2D eigenvalue weighted by Crippen LogP contribution is 2.27. The van der Waals surface area contributed by atoms with Crippen LogP contribution in [0.25, 0.3) is 28.1 Å². The van der Waals surface area contributed by atoms with Crippen LogP contribution in [0.1, 0.15) is 0 Å².